The third-order valence-corrected chi connectivity index (χ3v) is 5.89. The van der Waals surface area contributed by atoms with Gasteiger partial charge in [-0.1, -0.05) is 37.3 Å². The summed E-state index contributed by atoms with van der Waals surface area (Å²) in [6.07, 6.45) is 0.867. The van der Waals surface area contributed by atoms with Crippen LogP contribution >= 0.6 is 0 Å². The Hall–Kier alpha value is -3.85. The van der Waals surface area contributed by atoms with Gasteiger partial charge in [0.15, 0.2) is 5.82 Å². The minimum absolute atomic E-state index is 0.0117. The van der Waals surface area contributed by atoms with E-state index in [9.17, 15) is 14.9 Å². The van der Waals surface area contributed by atoms with Crippen LogP contribution in [0.3, 0.4) is 0 Å². The molecule has 0 radical (unpaired) electrons. The zero-order valence-electron chi connectivity index (χ0n) is 19.4. The van der Waals surface area contributed by atoms with Crippen molar-refractivity contribution in [2.45, 2.75) is 20.3 Å². The summed E-state index contributed by atoms with van der Waals surface area (Å²) in [7, 11) is 0. The maximum atomic E-state index is 12.6. The molecule has 1 aliphatic rings. The van der Waals surface area contributed by atoms with Crippen molar-refractivity contribution in [1.29, 1.82) is 0 Å². The number of rotatable bonds is 7. The van der Waals surface area contributed by atoms with E-state index in [2.05, 4.69) is 32.0 Å². The Balaban J connectivity index is 1.39. The maximum absolute atomic E-state index is 12.6. The Kier molecular flexibility index (Phi) is 7.12. The number of non-ortho nitro benzene ring substituents is 1. The molecule has 3 aromatic rings. The van der Waals surface area contributed by atoms with Crippen LogP contribution in [0.4, 0.5) is 17.2 Å². The minimum atomic E-state index is -0.420. The van der Waals surface area contributed by atoms with Gasteiger partial charge in [-0.15, -0.1) is 0 Å². The van der Waals surface area contributed by atoms with Crippen molar-refractivity contribution in [3.05, 3.63) is 76.0 Å². The molecule has 1 saturated heterocycles. The summed E-state index contributed by atoms with van der Waals surface area (Å²) in [5.74, 6) is 1.24. The van der Waals surface area contributed by atoms with Gasteiger partial charge in [0.1, 0.15) is 5.82 Å². The van der Waals surface area contributed by atoms with Crippen LogP contribution in [0, 0.1) is 17.0 Å². The van der Waals surface area contributed by atoms with Crippen molar-refractivity contribution in [3.8, 4) is 11.4 Å². The number of benzene rings is 2. The van der Waals surface area contributed by atoms with Crippen LogP contribution in [-0.4, -0.2) is 58.4 Å². The third kappa shape index (κ3) is 5.55. The van der Waals surface area contributed by atoms with Gasteiger partial charge in [-0.05, 0) is 25.0 Å². The van der Waals surface area contributed by atoms with Gasteiger partial charge >= 0.3 is 0 Å². The lowest BCUT2D eigenvalue weighted by atomic mass is 10.1. The average molecular weight is 461 g/mol. The molecule has 2 aromatic carbocycles. The summed E-state index contributed by atoms with van der Waals surface area (Å²) >= 11 is 0. The zero-order valence-corrected chi connectivity index (χ0v) is 19.4. The van der Waals surface area contributed by atoms with Crippen LogP contribution in [-0.2, 0) is 11.2 Å². The van der Waals surface area contributed by atoms with Crippen molar-refractivity contribution < 1.29 is 9.72 Å². The van der Waals surface area contributed by atoms with E-state index < -0.39 is 4.92 Å². The summed E-state index contributed by atoms with van der Waals surface area (Å²) in [5, 5.41) is 14.2. The number of aromatic nitrogens is 2. The number of nitro groups is 1. The Morgan fingerprint density at radius 1 is 1.06 bits per heavy atom. The van der Waals surface area contributed by atoms with Gasteiger partial charge in [0.05, 0.1) is 11.5 Å². The smallest absolute Gasteiger partial charge is 0.270 e. The molecule has 0 atom stereocenters. The molecular formula is C25H28N6O3. The number of nitrogens with one attached hydrogen (secondary N) is 1. The first-order valence-corrected chi connectivity index (χ1v) is 11.4. The molecule has 1 fully saturated rings. The molecule has 1 aliphatic heterocycles. The molecule has 1 aromatic heterocycles. The summed E-state index contributed by atoms with van der Waals surface area (Å²) in [4.78, 5) is 36.8. The van der Waals surface area contributed by atoms with E-state index in [0.717, 1.165) is 55.4 Å². The molecule has 0 saturated carbocycles. The molecule has 34 heavy (non-hydrogen) atoms. The lowest BCUT2D eigenvalue weighted by Crippen LogP contribution is -2.49. The summed E-state index contributed by atoms with van der Waals surface area (Å²) < 4.78 is 0. The molecule has 176 valence electrons. The maximum Gasteiger partial charge on any atom is 0.270 e. The van der Waals surface area contributed by atoms with Crippen molar-refractivity contribution in [3.63, 3.8) is 0 Å². The van der Waals surface area contributed by atoms with Gasteiger partial charge in [0.25, 0.3) is 5.69 Å². The molecule has 0 aliphatic carbocycles. The standard InChI is InChI=1S/C25H28N6O3/c1-3-19-7-4-5-10-22(19)27-24(32)17-29-11-13-30(14-12-29)23-15-18(2)26-25(28-23)20-8-6-9-21(16-20)31(33)34/h4-10,15-16H,3,11-14,17H2,1-2H3,(H,27,32). The second-order valence-electron chi connectivity index (χ2n) is 8.32. The lowest BCUT2D eigenvalue weighted by molar-refractivity contribution is -0.384. The van der Waals surface area contributed by atoms with Crippen molar-refractivity contribution in [2.24, 2.45) is 0 Å². The summed E-state index contributed by atoms with van der Waals surface area (Å²) in [6.45, 7) is 7.22. The normalized spacial score (nSPS) is 14.1. The number of hydrogen-bond donors (Lipinski definition) is 1. The Morgan fingerprint density at radius 2 is 1.82 bits per heavy atom. The first kappa shape index (κ1) is 23.3. The van der Waals surface area contributed by atoms with Gasteiger partial charge in [-0.25, -0.2) is 9.97 Å². The highest BCUT2D eigenvalue weighted by atomic mass is 16.6. The minimum Gasteiger partial charge on any atom is -0.354 e. The number of nitro benzene ring substituents is 1. The lowest BCUT2D eigenvalue weighted by Gasteiger charge is -2.35. The van der Waals surface area contributed by atoms with Crippen molar-refractivity contribution in [2.75, 3.05) is 42.9 Å². The first-order chi connectivity index (χ1) is 16.4. The predicted molar refractivity (Wildman–Crippen MR) is 132 cm³/mol. The number of nitrogens with zero attached hydrogens (tertiary/aromatic N) is 5. The Bertz CT molecular complexity index is 1190. The molecule has 0 bridgehead atoms. The molecule has 4 rings (SSSR count). The highest BCUT2D eigenvalue weighted by molar-refractivity contribution is 5.93. The number of carbonyl (C=O) groups excluding carboxylic acids is 1. The quantitative estimate of drug-likeness (QED) is 0.424. The van der Waals surface area contributed by atoms with Crippen LogP contribution in [0.25, 0.3) is 11.4 Å². The fourth-order valence-electron chi connectivity index (χ4n) is 4.08. The summed E-state index contributed by atoms with van der Waals surface area (Å²) in [6, 6.07) is 16.2. The molecule has 9 nitrogen and oxygen atoms in total. The van der Waals surface area contributed by atoms with E-state index >= 15 is 0 Å². The number of aryl methyl sites for hydroxylation is 2. The number of anilines is 2. The van der Waals surface area contributed by atoms with Crippen molar-refractivity contribution in [1.82, 2.24) is 14.9 Å². The van der Waals surface area contributed by atoms with Crippen LogP contribution in [0.2, 0.25) is 0 Å². The molecule has 9 heteroatoms. The van der Waals surface area contributed by atoms with E-state index in [1.807, 2.05) is 37.3 Å². The fraction of sp³-hybridized carbons (Fsp3) is 0.320. The van der Waals surface area contributed by atoms with E-state index in [1.165, 1.54) is 12.1 Å². The number of carbonyl (C=O) groups is 1. The third-order valence-electron chi connectivity index (χ3n) is 5.89. The number of para-hydroxylation sites is 1. The van der Waals surface area contributed by atoms with Crippen LogP contribution in [0.5, 0.6) is 0 Å². The SMILES string of the molecule is CCc1ccccc1NC(=O)CN1CCN(c2cc(C)nc(-c3cccc([N+](=O)[O-])c3)n2)CC1. The highest BCUT2D eigenvalue weighted by Crippen LogP contribution is 2.24. The summed E-state index contributed by atoms with van der Waals surface area (Å²) in [5.41, 5.74) is 3.42. The van der Waals surface area contributed by atoms with Crippen LogP contribution < -0.4 is 10.2 Å². The Labute approximate surface area is 198 Å². The molecule has 0 unspecified atom stereocenters. The monoisotopic (exact) mass is 460 g/mol. The van der Waals surface area contributed by atoms with E-state index in [0.29, 0.717) is 17.9 Å². The first-order valence-electron chi connectivity index (χ1n) is 11.4. The zero-order chi connectivity index (χ0) is 24.1. The van der Waals surface area contributed by atoms with Gasteiger partial charge in [-0.2, -0.15) is 0 Å². The van der Waals surface area contributed by atoms with E-state index in [4.69, 9.17) is 0 Å². The van der Waals surface area contributed by atoms with Crippen LogP contribution in [0.1, 0.15) is 18.2 Å². The molecule has 0 spiro atoms. The van der Waals surface area contributed by atoms with Crippen LogP contribution in [0.15, 0.2) is 54.6 Å². The number of amides is 1. The van der Waals surface area contributed by atoms with Gasteiger partial charge < -0.3 is 10.2 Å². The predicted octanol–water partition coefficient (Wildman–Crippen LogP) is 3.68. The van der Waals surface area contributed by atoms with E-state index in [-0.39, 0.29) is 11.6 Å². The van der Waals surface area contributed by atoms with Crippen molar-refractivity contribution >= 4 is 23.1 Å². The molecule has 2 heterocycles. The largest absolute Gasteiger partial charge is 0.354 e. The second kappa shape index (κ2) is 10.4. The van der Waals surface area contributed by atoms with Gasteiger partial charge in [0, 0.05) is 61.3 Å². The Morgan fingerprint density at radius 3 is 2.56 bits per heavy atom. The average Bonchev–Trinajstić information content (AvgIpc) is 2.84. The topological polar surface area (TPSA) is 105 Å². The van der Waals surface area contributed by atoms with Gasteiger partial charge in [0.2, 0.25) is 5.91 Å². The fourth-order valence-corrected chi connectivity index (χ4v) is 4.08. The number of hydrogen-bond acceptors (Lipinski definition) is 7. The highest BCUT2D eigenvalue weighted by Gasteiger charge is 2.21. The number of piperazine rings is 1. The second-order valence-corrected chi connectivity index (χ2v) is 8.32. The molecule has 1 N–H and O–H groups in total. The molecular weight excluding hydrogens is 432 g/mol. The van der Waals surface area contributed by atoms with E-state index in [1.54, 1.807) is 12.1 Å². The molecule has 1 amide bonds. The van der Waals surface area contributed by atoms with Gasteiger partial charge in [-0.3, -0.25) is 19.8 Å².